The van der Waals surface area contributed by atoms with Gasteiger partial charge in [-0.15, -0.1) is 0 Å². The van der Waals surface area contributed by atoms with E-state index in [1.165, 1.54) is 0 Å². The molecule has 0 fully saturated rings. The number of hydrogen-bond acceptors (Lipinski definition) is 1. The van der Waals surface area contributed by atoms with E-state index in [4.69, 9.17) is 11.6 Å². The molecule has 0 saturated carbocycles. The summed E-state index contributed by atoms with van der Waals surface area (Å²) in [6, 6.07) is 24.8. The molecule has 3 aromatic rings. The fourth-order valence-electron chi connectivity index (χ4n) is 2.71. The Kier molecular flexibility index (Phi) is 4.20. The minimum atomic E-state index is -2.98. The van der Waals surface area contributed by atoms with Gasteiger partial charge in [0.05, 0.1) is 5.02 Å². The van der Waals surface area contributed by atoms with Crippen molar-refractivity contribution in [1.29, 1.82) is 0 Å². The lowest BCUT2D eigenvalue weighted by Crippen LogP contribution is -2.27. The lowest BCUT2D eigenvalue weighted by atomic mass is 10.2. The fourth-order valence-corrected chi connectivity index (χ4v) is 6.23. The molecule has 0 bridgehead atoms. The van der Waals surface area contributed by atoms with Gasteiger partial charge in [0.15, 0.2) is 7.14 Å². The predicted octanol–water partition coefficient (Wildman–Crippen LogP) is 4.29. The molecule has 3 aromatic carbocycles. The first-order valence-corrected chi connectivity index (χ1v) is 9.19. The van der Waals surface area contributed by atoms with E-state index >= 15 is 0 Å². The van der Waals surface area contributed by atoms with Crippen LogP contribution in [0.15, 0.2) is 78.9 Å². The maximum atomic E-state index is 14.2. The summed E-state index contributed by atoms with van der Waals surface area (Å²) in [5.41, 5.74) is 0.948. The van der Waals surface area contributed by atoms with Crippen LogP contribution in [0, 0.1) is 6.92 Å². The van der Waals surface area contributed by atoms with Crippen LogP contribution in [-0.2, 0) is 4.57 Å². The third kappa shape index (κ3) is 2.52. The zero-order valence-electron chi connectivity index (χ0n) is 12.2. The Balaban J connectivity index is 2.37. The van der Waals surface area contributed by atoms with Crippen LogP contribution in [0.1, 0.15) is 5.56 Å². The van der Waals surface area contributed by atoms with Crippen molar-refractivity contribution < 1.29 is 4.57 Å². The summed E-state index contributed by atoms with van der Waals surface area (Å²) in [4.78, 5) is 0. The average Bonchev–Trinajstić information content (AvgIpc) is 2.56. The van der Waals surface area contributed by atoms with E-state index in [2.05, 4.69) is 0 Å². The monoisotopic (exact) mass is 326 g/mol. The quantitative estimate of drug-likeness (QED) is 0.656. The lowest BCUT2D eigenvalue weighted by molar-refractivity contribution is 0.592. The molecule has 1 nitrogen and oxygen atoms in total. The van der Waals surface area contributed by atoms with Crippen molar-refractivity contribution in [3.63, 3.8) is 0 Å². The summed E-state index contributed by atoms with van der Waals surface area (Å²) in [7, 11) is -2.98. The number of halogens is 1. The standard InChI is InChI=1S/C19H16ClOP/c1-15-9-8-14-18(20)19(15)22(21,16-10-4-2-5-11-16)17-12-6-3-7-13-17/h2-14H,1H3. The Labute approximate surface area is 136 Å². The lowest BCUT2D eigenvalue weighted by Gasteiger charge is -2.22. The van der Waals surface area contributed by atoms with Crippen molar-refractivity contribution in [2.24, 2.45) is 0 Å². The molecule has 0 aromatic heterocycles. The minimum Gasteiger partial charge on any atom is -0.309 e. The Morgan fingerprint density at radius 3 is 1.68 bits per heavy atom. The second-order valence-corrected chi connectivity index (χ2v) is 8.29. The maximum absolute atomic E-state index is 14.2. The highest BCUT2D eigenvalue weighted by Gasteiger charge is 2.32. The Bertz CT molecular complexity index is 765. The van der Waals surface area contributed by atoms with Gasteiger partial charge in [0, 0.05) is 15.9 Å². The molecule has 0 amide bonds. The maximum Gasteiger partial charge on any atom is 0.172 e. The van der Waals surface area contributed by atoms with Gasteiger partial charge in [0.2, 0.25) is 0 Å². The first kappa shape index (κ1) is 15.1. The smallest absolute Gasteiger partial charge is 0.172 e. The summed E-state index contributed by atoms with van der Waals surface area (Å²) in [6.45, 7) is 1.96. The van der Waals surface area contributed by atoms with Crippen LogP contribution in [0.5, 0.6) is 0 Å². The van der Waals surface area contributed by atoms with E-state index in [0.29, 0.717) is 5.02 Å². The second-order valence-electron chi connectivity index (χ2n) is 5.19. The number of benzene rings is 3. The molecule has 0 atom stereocenters. The van der Waals surface area contributed by atoms with E-state index in [1.54, 1.807) is 0 Å². The van der Waals surface area contributed by atoms with Gasteiger partial charge in [0.25, 0.3) is 0 Å². The predicted molar refractivity (Wildman–Crippen MR) is 95.6 cm³/mol. The van der Waals surface area contributed by atoms with Crippen LogP contribution in [0.2, 0.25) is 5.02 Å². The summed E-state index contributed by atoms with van der Waals surface area (Å²) < 4.78 is 14.2. The molecular formula is C19H16ClOP. The average molecular weight is 327 g/mol. The van der Waals surface area contributed by atoms with Gasteiger partial charge in [-0.05, 0) is 18.6 Å². The summed E-state index contributed by atoms with van der Waals surface area (Å²) in [6.07, 6.45) is 0. The molecule has 0 saturated heterocycles. The van der Waals surface area contributed by atoms with Gasteiger partial charge in [-0.3, -0.25) is 0 Å². The van der Waals surface area contributed by atoms with Gasteiger partial charge < -0.3 is 4.57 Å². The van der Waals surface area contributed by atoms with Crippen LogP contribution < -0.4 is 15.9 Å². The topological polar surface area (TPSA) is 17.1 Å². The molecule has 0 aliphatic carbocycles. The molecule has 22 heavy (non-hydrogen) atoms. The fraction of sp³-hybridized carbons (Fsp3) is 0.0526. The van der Waals surface area contributed by atoms with Gasteiger partial charge in [-0.25, -0.2) is 0 Å². The van der Waals surface area contributed by atoms with Crippen LogP contribution in [0.4, 0.5) is 0 Å². The Morgan fingerprint density at radius 1 is 0.727 bits per heavy atom. The second kappa shape index (κ2) is 6.12. The van der Waals surface area contributed by atoms with Gasteiger partial charge in [-0.2, -0.15) is 0 Å². The molecule has 0 N–H and O–H groups in total. The molecule has 110 valence electrons. The van der Waals surface area contributed by atoms with Crippen LogP contribution in [-0.4, -0.2) is 0 Å². The molecular weight excluding hydrogens is 311 g/mol. The molecule has 0 heterocycles. The number of aryl methyl sites for hydroxylation is 1. The SMILES string of the molecule is Cc1cccc(Cl)c1P(=O)(c1ccccc1)c1ccccc1. The minimum absolute atomic E-state index is 0.552. The van der Waals surface area contributed by atoms with Gasteiger partial charge >= 0.3 is 0 Å². The van der Waals surface area contributed by atoms with Crippen LogP contribution >= 0.6 is 18.7 Å². The Morgan fingerprint density at radius 2 is 1.23 bits per heavy atom. The highest BCUT2D eigenvalue weighted by molar-refractivity contribution is 7.85. The van der Waals surface area contributed by atoms with Crippen molar-refractivity contribution in [1.82, 2.24) is 0 Å². The highest BCUT2D eigenvalue weighted by atomic mass is 35.5. The van der Waals surface area contributed by atoms with E-state index in [9.17, 15) is 4.57 Å². The van der Waals surface area contributed by atoms with E-state index < -0.39 is 7.14 Å². The molecule has 0 unspecified atom stereocenters. The van der Waals surface area contributed by atoms with Crippen molar-refractivity contribution in [3.05, 3.63) is 89.4 Å². The van der Waals surface area contributed by atoms with Crippen LogP contribution in [0.25, 0.3) is 0 Å². The zero-order chi connectivity index (χ0) is 15.6. The van der Waals surface area contributed by atoms with E-state index in [-0.39, 0.29) is 0 Å². The largest absolute Gasteiger partial charge is 0.309 e. The molecule has 0 radical (unpaired) electrons. The summed E-state index contributed by atoms with van der Waals surface area (Å²) in [5.74, 6) is 0. The highest BCUT2D eigenvalue weighted by Crippen LogP contribution is 2.45. The van der Waals surface area contributed by atoms with Crippen LogP contribution in [0.3, 0.4) is 0 Å². The first-order valence-electron chi connectivity index (χ1n) is 7.11. The molecule has 0 spiro atoms. The van der Waals surface area contributed by atoms with Crippen molar-refractivity contribution in [2.75, 3.05) is 0 Å². The van der Waals surface area contributed by atoms with E-state index in [0.717, 1.165) is 21.5 Å². The molecule has 0 aliphatic heterocycles. The third-order valence-corrected chi connectivity index (χ3v) is 7.46. The normalized spacial score (nSPS) is 11.4. The molecule has 3 heteroatoms. The summed E-state index contributed by atoms with van der Waals surface area (Å²) in [5, 5.41) is 2.89. The van der Waals surface area contributed by atoms with Crippen molar-refractivity contribution in [3.8, 4) is 0 Å². The first-order chi connectivity index (χ1) is 10.6. The Hall–Kier alpha value is -1.82. The molecule has 0 aliphatic rings. The van der Waals surface area contributed by atoms with Crippen molar-refractivity contribution in [2.45, 2.75) is 6.92 Å². The zero-order valence-corrected chi connectivity index (χ0v) is 13.9. The van der Waals surface area contributed by atoms with Gasteiger partial charge in [-0.1, -0.05) is 84.4 Å². The van der Waals surface area contributed by atoms with E-state index in [1.807, 2.05) is 85.8 Å². The number of hydrogen-bond donors (Lipinski definition) is 0. The molecule has 3 rings (SSSR count). The van der Waals surface area contributed by atoms with Gasteiger partial charge in [0.1, 0.15) is 0 Å². The number of rotatable bonds is 3. The van der Waals surface area contributed by atoms with Crippen molar-refractivity contribution >= 4 is 34.7 Å². The third-order valence-electron chi connectivity index (χ3n) is 3.74. The summed E-state index contributed by atoms with van der Waals surface area (Å²) >= 11 is 6.44.